The maximum atomic E-state index is 9.69. The molecule has 21 heavy (non-hydrogen) atoms. The lowest BCUT2D eigenvalue weighted by Crippen LogP contribution is -2.47. The lowest BCUT2D eigenvalue weighted by molar-refractivity contribution is 0.159. The highest BCUT2D eigenvalue weighted by Gasteiger charge is 2.31. The molecular formula is C17H23N3O. The largest absolute Gasteiger partial charge is 0.394 e. The minimum absolute atomic E-state index is 0.166. The third-order valence-electron chi connectivity index (χ3n) is 4.13. The van der Waals surface area contributed by atoms with E-state index < -0.39 is 0 Å². The van der Waals surface area contributed by atoms with Gasteiger partial charge in [0.05, 0.1) is 6.61 Å². The number of aromatic nitrogens is 2. The van der Waals surface area contributed by atoms with Crippen molar-refractivity contribution >= 4 is 0 Å². The first kappa shape index (κ1) is 14.3. The molecule has 1 aliphatic rings. The van der Waals surface area contributed by atoms with Crippen LogP contribution in [-0.2, 0) is 6.54 Å². The second-order valence-electron chi connectivity index (χ2n) is 6.20. The molecule has 0 radical (unpaired) electrons. The van der Waals surface area contributed by atoms with Crippen molar-refractivity contribution in [2.24, 2.45) is 0 Å². The molecule has 0 bridgehead atoms. The fraction of sp³-hybridized carbons (Fsp3) is 0.471. The minimum atomic E-state index is -0.209. The van der Waals surface area contributed by atoms with Crippen LogP contribution in [0, 0.1) is 0 Å². The average molecular weight is 285 g/mol. The monoisotopic (exact) mass is 285 g/mol. The van der Waals surface area contributed by atoms with Gasteiger partial charge in [0.25, 0.3) is 0 Å². The second-order valence-corrected chi connectivity index (χ2v) is 6.20. The highest BCUT2D eigenvalue weighted by molar-refractivity contribution is 5.55. The van der Waals surface area contributed by atoms with Gasteiger partial charge < -0.3 is 15.0 Å². The molecule has 2 aromatic rings. The van der Waals surface area contributed by atoms with Crippen LogP contribution in [0.2, 0.25) is 0 Å². The van der Waals surface area contributed by atoms with Crippen LogP contribution in [0.15, 0.2) is 42.7 Å². The zero-order valence-electron chi connectivity index (χ0n) is 12.5. The summed E-state index contributed by atoms with van der Waals surface area (Å²) in [7, 11) is 0. The third kappa shape index (κ3) is 3.52. The van der Waals surface area contributed by atoms with E-state index in [9.17, 15) is 5.11 Å². The molecule has 1 unspecified atom stereocenters. The summed E-state index contributed by atoms with van der Waals surface area (Å²) in [5.41, 5.74) is 0.919. The summed E-state index contributed by atoms with van der Waals surface area (Å²) in [6.45, 7) is 3.12. The molecular weight excluding hydrogens is 262 g/mol. The first-order chi connectivity index (χ1) is 10.2. The summed E-state index contributed by atoms with van der Waals surface area (Å²) in [5, 5.41) is 13.2. The molecule has 0 amide bonds. The number of benzene rings is 1. The van der Waals surface area contributed by atoms with Crippen LogP contribution in [0.1, 0.15) is 26.2 Å². The van der Waals surface area contributed by atoms with Gasteiger partial charge in [0.1, 0.15) is 5.82 Å². The lowest BCUT2D eigenvalue weighted by atomic mass is 9.98. The number of aryl methyl sites for hydroxylation is 1. The summed E-state index contributed by atoms with van der Waals surface area (Å²) < 4.78 is 2.16. The lowest BCUT2D eigenvalue weighted by Gasteiger charge is -2.29. The van der Waals surface area contributed by atoms with E-state index in [2.05, 4.69) is 33.9 Å². The molecule has 3 rings (SSSR count). The van der Waals surface area contributed by atoms with Crippen LogP contribution in [0.3, 0.4) is 0 Å². The van der Waals surface area contributed by atoms with E-state index >= 15 is 0 Å². The van der Waals surface area contributed by atoms with E-state index in [1.807, 2.05) is 30.6 Å². The Morgan fingerprint density at radius 2 is 2.10 bits per heavy atom. The van der Waals surface area contributed by atoms with Crippen LogP contribution in [-0.4, -0.2) is 32.8 Å². The van der Waals surface area contributed by atoms with Crippen LogP contribution in [0.5, 0.6) is 0 Å². The maximum Gasteiger partial charge on any atom is 0.139 e. The SMILES string of the molecule is CC(CO)(CCn1ccnc1-c1ccccc1)NC1CC1. The van der Waals surface area contributed by atoms with Crippen molar-refractivity contribution in [1.29, 1.82) is 0 Å². The number of hydrogen-bond donors (Lipinski definition) is 2. The molecule has 1 fully saturated rings. The zero-order valence-corrected chi connectivity index (χ0v) is 12.5. The number of hydrogen-bond acceptors (Lipinski definition) is 3. The molecule has 1 aromatic heterocycles. The Balaban J connectivity index is 1.69. The molecule has 4 nitrogen and oxygen atoms in total. The Morgan fingerprint density at radius 1 is 1.33 bits per heavy atom. The quantitative estimate of drug-likeness (QED) is 0.821. The van der Waals surface area contributed by atoms with Crippen molar-refractivity contribution in [3.8, 4) is 11.4 Å². The van der Waals surface area contributed by atoms with Crippen LogP contribution < -0.4 is 5.32 Å². The molecule has 0 spiro atoms. The summed E-state index contributed by atoms with van der Waals surface area (Å²) in [6, 6.07) is 10.8. The smallest absolute Gasteiger partial charge is 0.139 e. The first-order valence-corrected chi connectivity index (χ1v) is 7.65. The molecule has 0 saturated heterocycles. The van der Waals surface area contributed by atoms with Crippen molar-refractivity contribution in [2.45, 2.75) is 44.3 Å². The van der Waals surface area contributed by atoms with Crippen molar-refractivity contribution in [3.05, 3.63) is 42.7 Å². The predicted octanol–water partition coefficient (Wildman–Crippen LogP) is 2.44. The zero-order chi connectivity index (χ0) is 14.7. The Hall–Kier alpha value is -1.65. The molecule has 112 valence electrons. The van der Waals surface area contributed by atoms with Gasteiger partial charge in [0.2, 0.25) is 0 Å². The highest BCUT2D eigenvalue weighted by atomic mass is 16.3. The molecule has 1 aliphatic carbocycles. The maximum absolute atomic E-state index is 9.69. The Morgan fingerprint density at radius 3 is 2.76 bits per heavy atom. The van der Waals surface area contributed by atoms with Gasteiger partial charge in [0.15, 0.2) is 0 Å². The number of rotatable bonds is 7. The minimum Gasteiger partial charge on any atom is -0.394 e. The van der Waals surface area contributed by atoms with Gasteiger partial charge in [-0.15, -0.1) is 0 Å². The van der Waals surface area contributed by atoms with E-state index in [-0.39, 0.29) is 12.1 Å². The van der Waals surface area contributed by atoms with Gasteiger partial charge >= 0.3 is 0 Å². The number of aliphatic hydroxyl groups is 1. The number of nitrogens with zero attached hydrogens (tertiary/aromatic N) is 2. The van der Waals surface area contributed by atoms with Crippen molar-refractivity contribution in [2.75, 3.05) is 6.61 Å². The van der Waals surface area contributed by atoms with Crippen molar-refractivity contribution in [1.82, 2.24) is 14.9 Å². The molecule has 0 aliphatic heterocycles. The molecule has 1 heterocycles. The first-order valence-electron chi connectivity index (χ1n) is 7.65. The fourth-order valence-electron chi connectivity index (χ4n) is 2.62. The Bertz CT molecular complexity index is 577. The van der Waals surface area contributed by atoms with Gasteiger partial charge in [-0.05, 0) is 26.2 Å². The van der Waals surface area contributed by atoms with Gasteiger partial charge in [-0.3, -0.25) is 0 Å². The average Bonchev–Trinajstić information content (AvgIpc) is 3.19. The fourth-order valence-corrected chi connectivity index (χ4v) is 2.62. The molecule has 1 aromatic carbocycles. The summed E-state index contributed by atoms with van der Waals surface area (Å²) in [6.07, 6.45) is 7.20. The number of aliphatic hydroxyl groups excluding tert-OH is 1. The van der Waals surface area contributed by atoms with Crippen LogP contribution >= 0.6 is 0 Å². The Kier molecular flexibility index (Phi) is 4.08. The summed E-state index contributed by atoms with van der Waals surface area (Å²) >= 11 is 0. The molecule has 1 saturated carbocycles. The molecule has 1 atom stereocenters. The van der Waals surface area contributed by atoms with Crippen molar-refractivity contribution < 1.29 is 5.11 Å². The van der Waals surface area contributed by atoms with E-state index in [1.54, 1.807) is 0 Å². The Labute approximate surface area is 125 Å². The van der Waals surface area contributed by atoms with E-state index in [0.717, 1.165) is 24.4 Å². The second kappa shape index (κ2) is 6.00. The topological polar surface area (TPSA) is 50.1 Å². The predicted molar refractivity (Wildman–Crippen MR) is 83.9 cm³/mol. The van der Waals surface area contributed by atoms with Gasteiger partial charge in [-0.2, -0.15) is 0 Å². The van der Waals surface area contributed by atoms with Gasteiger partial charge in [-0.25, -0.2) is 4.98 Å². The number of nitrogens with one attached hydrogen (secondary N) is 1. The normalized spacial score (nSPS) is 17.6. The van der Waals surface area contributed by atoms with Gasteiger partial charge in [-0.1, -0.05) is 30.3 Å². The van der Waals surface area contributed by atoms with E-state index in [1.165, 1.54) is 12.8 Å². The van der Waals surface area contributed by atoms with Crippen LogP contribution in [0.4, 0.5) is 0 Å². The standard InChI is InChI=1S/C17H23N3O/c1-17(13-21,19-15-7-8-15)9-11-20-12-10-18-16(20)14-5-3-2-4-6-14/h2-6,10,12,15,19,21H,7-9,11,13H2,1H3. The summed E-state index contributed by atoms with van der Waals surface area (Å²) in [5.74, 6) is 0.988. The van der Waals surface area contributed by atoms with Crippen molar-refractivity contribution in [3.63, 3.8) is 0 Å². The third-order valence-corrected chi connectivity index (χ3v) is 4.13. The van der Waals surface area contributed by atoms with Crippen LogP contribution in [0.25, 0.3) is 11.4 Å². The van der Waals surface area contributed by atoms with E-state index in [0.29, 0.717) is 6.04 Å². The summed E-state index contributed by atoms with van der Waals surface area (Å²) in [4.78, 5) is 4.47. The number of imidazole rings is 1. The molecule has 4 heteroatoms. The van der Waals surface area contributed by atoms with E-state index in [4.69, 9.17) is 0 Å². The highest BCUT2D eigenvalue weighted by Crippen LogP contribution is 2.25. The molecule has 2 N–H and O–H groups in total. The van der Waals surface area contributed by atoms with Gasteiger partial charge in [0, 0.05) is 36.1 Å².